The number of nitriles is 1. The number of ether oxygens (including phenoxy) is 1. The molecule has 0 spiro atoms. The normalized spacial score (nSPS) is 17.5. The van der Waals surface area contributed by atoms with E-state index in [4.69, 9.17) is 4.74 Å². The van der Waals surface area contributed by atoms with Gasteiger partial charge in [-0.05, 0) is 80.5 Å². The smallest absolute Gasteiger partial charge is 0.464 e. The number of halogens is 3. The molecule has 0 saturated carbocycles. The van der Waals surface area contributed by atoms with Gasteiger partial charge in [-0.15, -0.1) is 0 Å². The van der Waals surface area contributed by atoms with Gasteiger partial charge in [0, 0.05) is 19.6 Å². The maximum Gasteiger partial charge on any atom is 0.471 e. The van der Waals surface area contributed by atoms with Crippen molar-refractivity contribution in [3.05, 3.63) is 75.9 Å². The lowest BCUT2D eigenvalue weighted by Crippen LogP contribution is -2.56. The van der Waals surface area contributed by atoms with Crippen molar-refractivity contribution >= 4 is 27.8 Å². The SMILES string of the molecule is CCOC(=O)[C@H]1CC(C)=CCN1C(=O)[C@H](Cc1cccc(C#N)c1)NS(=O)(=O)c1ccc(C)c2c1CN(C(=O)C(F)(F)F)CC2. The van der Waals surface area contributed by atoms with Crippen LogP contribution in [0.1, 0.15) is 48.1 Å². The third-order valence-electron chi connectivity index (χ3n) is 7.88. The highest BCUT2D eigenvalue weighted by molar-refractivity contribution is 7.89. The fourth-order valence-corrected chi connectivity index (χ4v) is 7.08. The lowest BCUT2D eigenvalue weighted by molar-refractivity contribution is -0.186. The molecule has 0 saturated heterocycles. The lowest BCUT2D eigenvalue weighted by Gasteiger charge is -2.36. The highest BCUT2D eigenvalue weighted by Gasteiger charge is 2.44. The van der Waals surface area contributed by atoms with Crippen LogP contribution < -0.4 is 4.72 Å². The van der Waals surface area contributed by atoms with E-state index < -0.39 is 52.6 Å². The Bertz CT molecular complexity index is 1680. The molecule has 240 valence electrons. The van der Waals surface area contributed by atoms with Gasteiger partial charge in [0.1, 0.15) is 12.1 Å². The summed E-state index contributed by atoms with van der Waals surface area (Å²) in [6, 6.07) is 8.54. The van der Waals surface area contributed by atoms with Crippen molar-refractivity contribution < 1.29 is 40.7 Å². The van der Waals surface area contributed by atoms with Gasteiger partial charge in [0.05, 0.1) is 23.1 Å². The van der Waals surface area contributed by atoms with Crippen LogP contribution in [0.5, 0.6) is 0 Å². The molecule has 2 aromatic carbocycles. The molecule has 2 amide bonds. The monoisotopic (exact) mass is 646 g/mol. The average molecular weight is 647 g/mol. The minimum atomic E-state index is -5.13. The molecule has 10 nitrogen and oxygen atoms in total. The Kier molecular flexibility index (Phi) is 10.0. The summed E-state index contributed by atoms with van der Waals surface area (Å²) in [6.45, 7) is 4.38. The number of aryl methyl sites for hydroxylation is 1. The molecule has 0 radical (unpaired) electrons. The lowest BCUT2D eigenvalue weighted by atomic mass is 9.95. The van der Waals surface area contributed by atoms with Gasteiger partial charge >= 0.3 is 18.1 Å². The number of amides is 2. The zero-order chi connectivity index (χ0) is 33.1. The Hall–Kier alpha value is -4.22. The number of fused-ring (bicyclic) bond motifs is 1. The Morgan fingerprint density at radius 3 is 2.56 bits per heavy atom. The fourth-order valence-electron chi connectivity index (χ4n) is 5.64. The fraction of sp³-hybridized carbons (Fsp3) is 0.419. The van der Waals surface area contributed by atoms with Crippen molar-refractivity contribution in [2.75, 3.05) is 19.7 Å². The Balaban J connectivity index is 1.75. The van der Waals surface area contributed by atoms with Gasteiger partial charge in [0.15, 0.2) is 0 Å². The molecule has 2 aliphatic rings. The first-order chi connectivity index (χ1) is 21.2. The number of nitrogens with one attached hydrogen (secondary N) is 1. The first kappa shape index (κ1) is 33.7. The maximum absolute atomic E-state index is 14.1. The number of carbonyl (C=O) groups excluding carboxylic acids is 3. The van der Waals surface area contributed by atoms with E-state index >= 15 is 0 Å². The van der Waals surface area contributed by atoms with E-state index in [0.29, 0.717) is 21.6 Å². The van der Waals surface area contributed by atoms with Crippen LogP contribution in [0.3, 0.4) is 0 Å². The number of rotatable bonds is 8. The molecule has 14 heteroatoms. The number of esters is 1. The van der Waals surface area contributed by atoms with Gasteiger partial charge in [0.25, 0.3) is 0 Å². The van der Waals surface area contributed by atoms with E-state index in [1.54, 1.807) is 45.0 Å². The number of alkyl halides is 3. The topological polar surface area (TPSA) is 137 Å². The molecule has 45 heavy (non-hydrogen) atoms. The van der Waals surface area contributed by atoms with E-state index in [1.165, 1.54) is 23.1 Å². The largest absolute Gasteiger partial charge is 0.471 e. The van der Waals surface area contributed by atoms with Crippen molar-refractivity contribution in [3.63, 3.8) is 0 Å². The third kappa shape index (κ3) is 7.54. The summed E-state index contributed by atoms with van der Waals surface area (Å²) in [4.78, 5) is 40.4. The molecule has 2 atom stereocenters. The van der Waals surface area contributed by atoms with Crippen LogP contribution in [0.25, 0.3) is 0 Å². The summed E-state index contributed by atoms with van der Waals surface area (Å²) in [7, 11) is -4.59. The van der Waals surface area contributed by atoms with E-state index in [1.807, 2.05) is 6.07 Å². The molecule has 2 aliphatic heterocycles. The zero-order valence-corrected chi connectivity index (χ0v) is 25.8. The number of carbonyl (C=O) groups is 3. The van der Waals surface area contributed by atoms with Crippen molar-refractivity contribution in [2.45, 2.75) is 69.7 Å². The number of nitrogens with zero attached hydrogens (tertiary/aromatic N) is 3. The van der Waals surface area contributed by atoms with Gasteiger partial charge in [0.2, 0.25) is 15.9 Å². The van der Waals surface area contributed by atoms with Crippen LogP contribution in [0.4, 0.5) is 13.2 Å². The van der Waals surface area contributed by atoms with Gasteiger partial charge in [-0.25, -0.2) is 13.2 Å². The first-order valence-corrected chi connectivity index (χ1v) is 15.8. The highest BCUT2D eigenvalue weighted by Crippen LogP contribution is 2.31. The molecular formula is C31H33F3N4O6S. The van der Waals surface area contributed by atoms with Crippen molar-refractivity contribution in [2.24, 2.45) is 0 Å². The quantitative estimate of drug-likeness (QED) is 0.343. The van der Waals surface area contributed by atoms with E-state index in [-0.39, 0.29) is 55.0 Å². The summed E-state index contributed by atoms with van der Waals surface area (Å²) in [5.41, 5.74) is 2.78. The second-order valence-corrected chi connectivity index (χ2v) is 12.7. The van der Waals surface area contributed by atoms with E-state index in [9.17, 15) is 41.2 Å². The van der Waals surface area contributed by atoms with Crippen LogP contribution in [-0.2, 0) is 48.5 Å². The number of hydrogen-bond acceptors (Lipinski definition) is 7. The van der Waals surface area contributed by atoms with Crippen LogP contribution in [0.2, 0.25) is 0 Å². The third-order valence-corrected chi connectivity index (χ3v) is 9.44. The highest BCUT2D eigenvalue weighted by atomic mass is 32.2. The molecule has 2 aromatic rings. The summed E-state index contributed by atoms with van der Waals surface area (Å²) in [5.74, 6) is -3.44. The van der Waals surface area contributed by atoms with Gasteiger partial charge < -0.3 is 14.5 Å². The Labute approximate surface area is 259 Å². The minimum Gasteiger partial charge on any atom is -0.464 e. The van der Waals surface area contributed by atoms with Crippen molar-refractivity contribution in [1.29, 1.82) is 5.26 Å². The Morgan fingerprint density at radius 2 is 1.89 bits per heavy atom. The first-order valence-electron chi connectivity index (χ1n) is 14.3. The molecule has 0 aromatic heterocycles. The van der Waals surface area contributed by atoms with Gasteiger partial charge in [-0.1, -0.05) is 29.8 Å². The maximum atomic E-state index is 14.1. The summed E-state index contributed by atoms with van der Waals surface area (Å²) < 4.78 is 75.4. The number of sulfonamides is 1. The summed E-state index contributed by atoms with van der Waals surface area (Å²) in [6.07, 6.45) is -3.39. The van der Waals surface area contributed by atoms with E-state index in [0.717, 1.165) is 5.57 Å². The Morgan fingerprint density at radius 1 is 1.16 bits per heavy atom. The van der Waals surface area contributed by atoms with Crippen LogP contribution in [0.15, 0.2) is 52.9 Å². The molecule has 4 rings (SSSR count). The molecule has 1 N–H and O–H groups in total. The average Bonchev–Trinajstić information content (AvgIpc) is 2.99. The minimum absolute atomic E-state index is 0.0103. The molecule has 2 heterocycles. The van der Waals surface area contributed by atoms with E-state index in [2.05, 4.69) is 4.72 Å². The standard InChI is InChI=1S/C31H33F3N4O6S/c1-4-44-29(40)26-14-19(2)10-13-38(26)28(39)25(16-21-6-5-7-22(15-21)17-35)36-45(42,43)27-9-8-20(3)23-11-12-37(18-24(23)27)30(41)31(32,33)34/h5-10,15,25-26,36H,4,11-14,16,18H2,1-3H3/t25-,26+/m0/s1. The second-order valence-electron chi connectivity index (χ2n) is 11.0. The predicted octanol–water partition coefficient (Wildman–Crippen LogP) is 3.31. The molecule has 0 unspecified atom stereocenters. The van der Waals surface area contributed by atoms with Crippen LogP contribution >= 0.6 is 0 Å². The second kappa shape index (κ2) is 13.4. The number of hydrogen-bond donors (Lipinski definition) is 1. The summed E-state index contributed by atoms with van der Waals surface area (Å²) in [5, 5.41) is 9.37. The molecule has 0 aliphatic carbocycles. The van der Waals surface area contributed by atoms with Gasteiger partial charge in [-0.3, -0.25) is 9.59 Å². The molecule has 0 bridgehead atoms. The molecule has 0 fully saturated rings. The predicted molar refractivity (Wildman–Crippen MR) is 156 cm³/mol. The summed E-state index contributed by atoms with van der Waals surface area (Å²) >= 11 is 0. The van der Waals surface area contributed by atoms with Crippen molar-refractivity contribution in [1.82, 2.24) is 14.5 Å². The van der Waals surface area contributed by atoms with Gasteiger partial charge in [-0.2, -0.15) is 23.2 Å². The van der Waals surface area contributed by atoms with Crippen molar-refractivity contribution in [3.8, 4) is 6.07 Å². The molecular weight excluding hydrogens is 613 g/mol. The van der Waals surface area contributed by atoms with Crippen LogP contribution in [0, 0.1) is 18.3 Å². The zero-order valence-electron chi connectivity index (χ0n) is 25.0. The van der Waals surface area contributed by atoms with Crippen LogP contribution in [-0.4, -0.2) is 74.0 Å². The number of benzene rings is 2.